The molecule has 0 aliphatic rings. The van der Waals surface area contributed by atoms with Gasteiger partial charge in [0.15, 0.2) is 6.10 Å². The first-order valence-electron chi connectivity index (χ1n) is 11.3. The predicted molar refractivity (Wildman–Crippen MR) is 134 cm³/mol. The maximum atomic E-state index is 13.6. The topological polar surface area (TPSA) is 72.9 Å². The quantitative estimate of drug-likeness (QED) is 0.380. The zero-order valence-electron chi connectivity index (χ0n) is 20.0. The average molecular weight is 482 g/mol. The fourth-order valence-electron chi connectivity index (χ4n) is 3.47. The minimum atomic E-state index is -4.17. The van der Waals surface area contributed by atoms with Crippen LogP contribution < -0.4 is 13.8 Å². The Balaban J connectivity index is 1.98. The molecule has 1 atom stereocenters. The van der Waals surface area contributed by atoms with Crippen LogP contribution in [0.2, 0.25) is 0 Å². The number of amides is 1. The summed E-state index contributed by atoms with van der Waals surface area (Å²) >= 11 is 0. The molecule has 0 N–H and O–H groups in total. The molecule has 3 aromatic carbocycles. The number of carbonyl (C=O) groups excluding carboxylic acids is 1. The highest BCUT2D eigenvalue weighted by Gasteiger charge is 2.35. The van der Waals surface area contributed by atoms with Gasteiger partial charge in [-0.15, -0.1) is 0 Å². The molecule has 3 aromatic rings. The summed E-state index contributed by atoms with van der Waals surface area (Å²) in [5, 5.41) is 0. The predicted octanol–water partition coefficient (Wildman–Crippen LogP) is 5.54. The van der Waals surface area contributed by atoms with Gasteiger partial charge in [0.2, 0.25) is 0 Å². The molecule has 0 bridgehead atoms. The lowest BCUT2D eigenvalue weighted by Crippen LogP contribution is -2.44. The van der Waals surface area contributed by atoms with E-state index in [1.165, 1.54) is 26.2 Å². The number of carbonyl (C=O) groups is 1. The van der Waals surface area contributed by atoms with Crippen molar-refractivity contribution in [1.29, 1.82) is 0 Å². The van der Waals surface area contributed by atoms with E-state index in [4.69, 9.17) is 9.47 Å². The highest BCUT2D eigenvalue weighted by molar-refractivity contribution is 7.93. The van der Waals surface area contributed by atoms with Crippen LogP contribution in [0.15, 0.2) is 77.7 Å². The second kappa shape index (κ2) is 11.2. The number of hydrogen-bond donors (Lipinski definition) is 0. The van der Waals surface area contributed by atoms with Crippen molar-refractivity contribution < 1.29 is 22.7 Å². The van der Waals surface area contributed by atoms with Crippen molar-refractivity contribution in [1.82, 2.24) is 0 Å². The van der Waals surface area contributed by atoms with Crippen molar-refractivity contribution in [3.63, 3.8) is 0 Å². The molecule has 0 radical (unpaired) electrons. The molecule has 34 heavy (non-hydrogen) atoms. The summed E-state index contributed by atoms with van der Waals surface area (Å²) in [5.41, 5.74) is 2.28. The Hall–Kier alpha value is -3.32. The van der Waals surface area contributed by atoms with E-state index in [1.54, 1.807) is 48.5 Å². The average Bonchev–Trinajstić information content (AvgIpc) is 2.83. The van der Waals surface area contributed by atoms with E-state index in [0.29, 0.717) is 11.5 Å². The number of nitrogens with zero attached hydrogens (tertiary/aromatic N) is 1. The van der Waals surface area contributed by atoms with Gasteiger partial charge in [-0.2, -0.15) is 4.31 Å². The smallest absolute Gasteiger partial charge is 0.281 e. The van der Waals surface area contributed by atoms with Crippen LogP contribution in [0.1, 0.15) is 37.8 Å². The summed E-state index contributed by atoms with van der Waals surface area (Å²) in [4.78, 5) is 13.6. The van der Waals surface area contributed by atoms with Gasteiger partial charge in [0, 0.05) is 6.07 Å². The van der Waals surface area contributed by atoms with Gasteiger partial charge in [-0.25, -0.2) is 8.42 Å². The molecule has 0 aliphatic heterocycles. The number of methoxy groups -OCH3 is 1. The number of hydrogen-bond acceptors (Lipinski definition) is 5. The van der Waals surface area contributed by atoms with Crippen LogP contribution in [0.4, 0.5) is 5.69 Å². The highest BCUT2D eigenvalue weighted by atomic mass is 32.2. The van der Waals surface area contributed by atoms with Crippen LogP contribution in [0, 0.1) is 6.92 Å². The molecule has 0 saturated heterocycles. The molecule has 3 rings (SSSR count). The zero-order chi connectivity index (χ0) is 24.7. The lowest BCUT2D eigenvalue weighted by Gasteiger charge is -2.26. The Bertz CT molecular complexity index is 1200. The molecule has 6 nitrogen and oxygen atoms in total. The number of benzene rings is 3. The largest absolute Gasteiger partial charge is 0.497 e. The first-order valence-corrected chi connectivity index (χ1v) is 12.8. The number of rotatable bonds is 10. The lowest BCUT2D eigenvalue weighted by molar-refractivity contribution is -0.123. The standard InChI is InChI=1S/C27H31NO5S/c1-5-6-8-22-13-15-23(16-14-22)28(34(30,31)26-17-11-20(2)12-18-26)27(29)21(3)33-25-10-7-9-24(19-25)32-4/h7,9-19,21H,5-6,8H2,1-4H3. The molecular formula is C27H31NO5S. The van der Waals surface area contributed by atoms with Gasteiger partial charge in [-0.1, -0.05) is 49.2 Å². The third-order valence-corrected chi connectivity index (χ3v) is 7.19. The van der Waals surface area contributed by atoms with E-state index in [0.717, 1.165) is 34.7 Å². The molecule has 0 saturated carbocycles. The fraction of sp³-hybridized carbons (Fsp3) is 0.296. The van der Waals surface area contributed by atoms with Crippen LogP contribution in [0.3, 0.4) is 0 Å². The summed E-state index contributed by atoms with van der Waals surface area (Å²) in [6, 6.07) is 20.3. The van der Waals surface area contributed by atoms with E-state index >= 15 is 0 Å². The van der Waals surface area contributed by atoms with E-state index in [2.05, 4.69) is 6.92 Å². The number of unbranched alkanes of at least 4 members (excludes halogenated alkanes) is 1. The third-order valence-electron chi connectivity index (χ3n) is 5.45. The number of sulfonamides is 1. The molecule has 180 valence electrons. The fourth-order valence-corrected chi connectivity index (χ4v) is 4.95. The molecule has 0 aromatic heterocycles. The zero-order valence-corrected chi connectivity index (χ0v) is 20.8. The van der Waals surface area contributed by atoms with E-state index < -0.39 is 22.0 Å². The highest BCUT2D eigenvalue weighted by Crippen LogP contribution is 2.27. The Morgan fingerprint density at radius 3 is 2.24 bits per heavy atom. The molecule has 0 spiro atoms. The monoisotopic (exact) mass is 481 g/mol. The minimum absolute atomic E-state index is 0.0371. The first kappa shape index (κ1) is 25.3. The van der Waals surface area contributed by atoms with Crippen molar-refractivity contribution >= 4 is 21.6 Å². The second-order valence-electron chi connectivity index (χ2n) is 8.13. The van der Waals surface area contributed by atoms with Crippen LogP contribution in [0.5, 0.6) is 11.5 Å². The van der Waals surface area contributed by atoms with E-state index in [9.17, 15) is 13.2 Å². The van der Waals surface area contributed by atoms with Crippen molar-refractivity contribution in [2.24, 2.45) is 0 Å². The van der Waals surface area contributed by atoms with Crippen molar-refractivity contribution in [2.45, 2.75) is 51.0 Å². The first-order chi connectivity index (χ1) is 16.3. The van der Waals surface area contributed by atoms with Gasteiger partial charge in [-0.05, 0) is 68.7 Å². The van der Waals surface area contributed by atoms with Crippen molar-refractivity contribution in [2.75, 3.05) is 11.4 Å². The van der Waals surface area contributed by atoms with Crippen LogP contribution >= 0.6 is 0 Å². The van der Waals surface area contributed by atoms with Gasteiger partial charge in [-0.3, -0.25) is 4.79 Å². The summed E-state index contributed by atoms with van der Waals surface area (Å²) < 4.78 is 39.1. The lowest BCUT2D eigenvalue weighted by atomic mass is 10.1. The van der Waals surface area contributed by atoms with Gasteiger partial charge in [0.1, 0.15) is 11.5 Å². The molecule has 0 aliphatic carbocycles. The summed E-state index contributed by atoms with van der Waals surface area (Å²) in [6.45, 7) is 5.53. The van der Waals surface area contributed by atoms with Crippen LogP contribution in [0.25, 0.3) is 0 Å². The molecular weight excluding hydrogens is 450 g/mol. The van der Waals surface area contributed by atoms with Crippen LogP contribution in [-0.4, -0.2) is 27.5 Å². The van der Waals surface area contributed by atoms with Gasteiger partial charge < -0.3 is 9.47 Å². The minimum Gasteiger partial charge on any atom is -0.497 e. The second-order valence-corrected chi connectivity index (χ2v) is 9.92. The Morgan fingerprint density at radius 1 is 0.971 bits per heavy atom. The van der Waals surface area contributed by atoms with Crippen molar-refractivity contribution in [3.8, 4) is 11.5 Å². The number of ether oxygens (including phenoxy) is 2. The summed E-state index contributed by atoms with van der Waals surface area (Å²) in [7, 11) is -2.64. The number of aryl methyl sites for hydroxylation is 2. The molecule has 0 fully saturated rings. The maximum absolute atomic E-state index is 13.6. The number of anilines is 1. The SMILES string of the molecule is CCCCc1ccc(N(C(=O)C(C)Oc2cccc(OC)c2)S(=O)(=O)c2ccc(C)cc2)cc1. The molecule has 7 heteroatoms. The summed E-state index contributed by atoms with van der Waals surface area (Å²) in [6.07, 6.45) is 1.93. The molecule has 1 unspecified atom stereocenters. The molecule has 0 heterocycles. The van der Waals surface area contributed by atoms with E-state index in [-0.39, 0.29) is 10.6 Å². The Labute approximate surface area is 202 Å². The Kier molecular flexibility index (Phi) is 8.34. The van der Waals surface area contributed by atoms with Crippen LogP contribution in [-0.2, 0) is 21.2 Å². The van der Waals surface area contributed by atoms with Crippen molar-refractivity contribution in [3.05, 3.63) is 83.9 Å². The summed E-state index contributed by atoms with van der Waals surface area (Å²) in [5.74, 6) is 0.288. The molecule has 1 amide bonds. The maximum Gasteiger partial charge on any atom is 0.281 e. The van der Waals surface area contributed by atoms with E-state index in [1.807, 2.05) is 19.1 Å². The van der Waals surface area contributed by atoms with Gasteiger partial charge in [0.05, 0.1) is 17.7 Å². The Morgan fingerprint density at radius 2 is 1.62 bits per heavy atom. The van der Waals surface area contributed by atoms with Gasteiger partial charge in [0.25, 0.3) is 15.9 Å². The normalized spacial score (nSPS) is 12.1. The third kappa shape index (κ3) is 5.97. The van der Waals surface area contributed by atoms with Gasteiger partial charge >= 0.3 is 0 Å².